The van der Waals surface area contributed by atoms with Crippen molar-refractivity contribution in [1.82, 2.24) is 5.32 Å². The molecule has 4 nitrogen and oxygen atoms in total. The standard InChI is InChI=1S/C18H30N2O2/c1-15(19-13-18(21)14-22-2)16-7-9-17(10-8-16)20-11-5-3-4-6-12-20/h7-10,15,18-19,21H,3-6,11-14H2,1-2H3. The van der Waals surface area contributed by atoms with Crippen LogP contribution >= 0.6 is 0 Å². The molecule has 2 unspecified atom stereocenters. The molecule has 2 N–H and O–H groups in total. The minimum Gasteiger partial charge on any atom is -0.389 e. The number of hydrogen-bond acceptors (Lipinski definition) is 4. The lowest BCUT2D eigenvalue weighted by molar-refractivity contribution is 0.0630. The zero-order valence-corrected chi connectivity index (χ0v) is 13.9. The minimum absolute atomic E-state index is 0.227. The Hall–Kier alpha value is -1.10. The van der Waals surface area contributed by atoms with Gasteiger partial charge in [0.25, 0.3) is 0 Å². The summed E-state index contributed by atoms with van der Waals surface area (Å²) in [5, 5.41) is 13.0. The first-order valence-electron chi connectivity index (χ1n) is 8.46. The Bertz CT molecular complexity index is 414. The molecule has 2 rings (SSSR count). The van der Waals surface area contributed by atoms with Gasteiger partial charge in [-0.25, -0.2) is 0 Å². The van der Waals surface area contributed by atoms with E-state index in [2.05, 4.69) is 41.4 Å². The summed E-state index contributed by atoms with van der Waals surface area (Å²) in [7, 11) is 1.61. The van der Waals surface area contributed by atoms with Gasteiger partial charge in [0, 0.05) is 38.5 Å². The summed E-state index contributed by atoms with van der Waals surface area (Å²) >= 11 is 0. The highest BCUT2D eigenvalue weighted by Crippen LogP contribution is 2.22. The molecule has 2 atom stereocenters. The van der Waals surface area contributed by atoms with Crippen LogP contribution in [0.2, 0.25) is 0 Å². The van der Waals surface area contributed by atoms with Gasteiger partial charge in [0.05, 0.1) is 12.7 Å². The molecule has 1 aromatic carbocycles. The van der Waals surface area contributed by atoms with E-state index in [-0.39, 0.29) is 6.04 Å². The lowest BCUT2D eigenvalue weighted by Crippen LogP contribution is -2.31. The van der Waals surface area contributed by atoms with Crippen LogP contribution in [0.4, 0.5) is 5.69 Å². The molecule has 1 aliphatic rings. The highest BCUT2D eigenvalue weighted by atomic mass is 16.5. The lowest BCUT2D eigenvalue weighted by atomic mass is 10.1. The van der Waals surface area contributed by atoms with Gasteiger partial charge in [0.1, 0.15) is 0 Å². The zero-order valence-electron chi connectivity index (χ0n) is 13.9. The third-order valence-electron chi connectivity index (χ3n) is 4.38. The van der Waals surface area contributed by atoms with Crippen LogP contribution in [0.3, 0.4) is 0 Å². The van der Waals surface area contributed by atoms with E-state index in [9.17, 15) is 5.11 Å². The molecule has 1 heterocycles. The van der Waals surface area contributed by atoms with E-state index in [1.807, 2.05) is 0 Å². The van der Waals surface area contributed by atoms with Crippen LogP contribution in [0.5, 0.6) is 0 Å². The summed E-state index contributed by atoms with van der Waals surface area (Å²) in [6.07, 6.45) is 4.87. The monoisotopic (exact) mass is 306 g/mol. The number of hydrogen-bond donors (Lipinski definition) is 2. The number of nitrogens with zero attached hydrogens (tertiary/aromatic N) is 1. The van der Waals surface area contributed by atoms with Gasteiger partial charge in [0.15, 0.2) is 0 Å². The van der Waals surface area contributed by atoms with Crippen molar-refractivity contribution < 1.29 is 9.84 Å². The van der Waals surface area contributed by atoms with Crippen LogP contribution in [0.1, 0.15) is 44.2 Å². The van der Waals surface area contributed by atoms with Crippen LogP contribution in [0, 0.1) is 0 Å². The number of nitrogens with one attached hydrogen (secondary N) is 1. The molecule has 124 valence electrons. The van der Waals surface area contributed by atoms with Crippen molar-refractivity contribution in [1.29, 1.82) is 0 Å². The number of rotatable bonds is 7. The van der Waals surface area contributed by atoms with Crippen molar-refractivity contribution in [3.8, 4) is 0 Å². The quantitative estimate of drug-likeness (QED) is 0.813. The summed E-state index contributed by atoms with van der Waals surface area (Å²) in [5.41, 5.74) is 2.58. The van der Waals surface area contributed by atoms with Crippen LogP contribution in [0.15, 0.2) is 24.3 Å². The van der Waals surface area contributed by atoms with Crippen molar-refractivity contribution in [2.75, 3.05) is 38.3 Å². The second-order valence-corrected chi connectivity index (χ2v) is 6.23. The molecular formula is C18H30N2O2. The number of anilines is 1. The Balaban J connectivity index is 1.87. The average Bonchev–Trinajstić information content (AvgIpc) is 2.82. The summed E-state index contributed by atoms with van der Waals surface area (Å²) in [4.78, 5) is 2.50. The summed E-state index contributed by atoms with van der Waals surface area (Å²) in [6, 6.07) is 9.07. The van der Waals surface area contributed by atoms with E-state index < -0.39 is 6.10 Å². The predicted molar refractivity (Wildman–Crippen MR) is 91.4 cm³/mol. The number of benzene rings is 1. The molecule has 0 radical (unpaired) electrons. The predicted octanol–water partition coefficient (Wildman–Crippen LogP) is 2.72. The Labute approximate surface area is 134 Å². The number of methoxy groups -OCH3 is 1. The normalized spacial score (nSPS) is 18.8. The van der Waals surface area contributed by atoms with E-state index >= 15 is 0 Å². The molecule has 1 aromatic rings. The number of aliphatic hydroxyl groups is 1. The van der Waals surface area contributed by atoms with Crippen LogP contribution in [-0.2, 0) is 4.74 Å². The third-order valence-corrected chi connectivity index (χ3v) is 4.38. The summed E-state index contributed by atoms with van der Waals surface area (Å²) in [5.74, 6) is 0. The third kappa shape index (κ3) is 5.27. The topological polar surface area (TPSA) is 44.7 Å². The maximum atomic E-state index is 9.69. The molecule has 0 amide bonds. The summed E-state index contributed by atoms with van der Waals surface area (Å²) in [6.45, 7) is 5.39. The fourth-order valence-corrected chi connectivity index (χ4v) is 2.98. The van der Waals surface area contributed by atoms with Gasteiger partial charge in [-0.3, -0.25) is 0 Å². The molecule has 0 aromatic heterocycles. The molecule has 0 bridgehead atoms. The fourth-order valence-electron chi connectivity index (χ4n) is 2.98. The van der Waals surface area contributed by atoms with Gasteiger partial charge in [-0.15, -0.1) is 0 Å². The molecule has 22 heavy (non-hydrogen) atoms. The molecule has 1 fully saturated rings. The highest BCUT2D eigenvalue weighted by molar-refractivity contribution is 5.48. The van der Waals surface area contributed by atoms with Crippen LogP contribution in [0.25, 0.3) is 0 Å². The molecule has 4 heteroatoms. The highest BCUT2D eigenvalue weighted by Gasteiger charge is 2.12. The van der Waals surface area contributed by atoms with Crippen molar-refractivity contribution in [3.63, 3.8) is 0 Å². The Kier molecular flexibility index (Phi) is 7.16. The molecular weight excluding hydrogens is 276 g/mol. The Morgan fingerprint density at radius 1 is 1.14 bits per heavy atom. The first kappa shape index (κ1) is 17.3. The van der Waals surface area contributed by atoms with Gasteiger partial charge in [0.2, 0.25) is 0 Å². The zero-order chi connectivity index (χ0) is 15.8. The molecule has 0 saturated carbocycles. The summed E-state index contributed by atoms with van der Waals surface area (Å²) < 4.78 is 4.94. The van der Waals surface area contributed by atoms with E-state index in [1.54, 1.807) is 7.11 Å². The second kappa shape index (κ2) is 9.13. The fraction of sp³-hybridized carbons (Fsp3) is 0.667. The molecule has 0 aliphatic carbocycles. The van der Waals surface area contributed by atoms with Gasteiger partial charge in [-0.2, -0.15) is 0 Å². The first-order chi connectivity index (χ1) is 10.7. The average molecular weight is 306 g/mol. The Morgan fingerprint density at radius 2 is 1.77 bits per heavy atom. The van der Waals surface area contributed by atoms with Crippen LogP contribution in [-0.4, -0.2) is 44.6 Å². The number of ether oxygens (including phenoxy) is 1. The molecule has 1 aliphatic heterocycles. The molecule has 1 saturated heterocycles. The van der Waals surface area contributed by atoms with Gasteiger partial charge < -0.3 is 20.1 Å². The van der Waals surface area contributed by atoms with Crippen LogP contribution < -0.4 is 10.2 Å². The van der Waals surface area contributed by atoms with Crippen molar-refractivity contribution >= 4 is 5.69 Å². The minimum atomic E-state index is -0.455. The first-order valence-corrected chi connectivity index (χ1v) is 8.46. The maximum absolute atomic E-state index is 9.69. The van der Waals surface area contributed by atoms with Gasteiger partial charge >= 0.3 is 0 Å². The van der Waals surface area contributed by atoms with E-state index in [0.717, 1.165) is 0 Å². The van der Waals surface area contributed by atoms with E-state index in [4.69, 9.17) is 4.74 Å². The van der Waals surface area contributed by atoms with E-state index in [0.29, 0.717) is 13.2 Å². The maximum Gasteiger partial charge on any atom is 0.0897 e. The van der Waals surface area contributed by atoms with Gasteiger partial charge in [-0.05, 0) is 37.5 Å². The largest absolute Gasteiger partial charge is 0.389 e. The second-order valence-electron chi connectivity index (χ2n) is 6.23. The Morgan fingerprint density at radius 3 is 2.36 bits per heavy atom. The van der Waals surface area contributed by atoms with Crippen molar-refractivity contribution in [2.24, 2.45) is 0 Å². The smallest absolute Gasteiger partial charge is 0.0897 e. The van der Waals surface area contributed by atoms with Crippen molar-refractivity contribution in [3.05, 3.63) is 29.8 Å². The van der Waals surface area contributed by atoms with E-state index in [1.165, 1.54) is 50.0 Å². The number of aliphatic hydroxyl groups excluding tert-OH is 1. The molecule has 0 spiro atoms. The van der Waals surface area contributed by atoms with Gasteiger partial charge in [-0.1, -0.05) is 25.0 Å². The van der Waals surface area contributed by atoms with Crippen molar-refractivity contribution in [2.45, 2.75) is 44.8 Å². The lowest BCUT2D eigenvalue weighted by Gasteiger charge is -2.23. The SMILES string of the molecule is COCC(O)CNC(C)c1ccc(N2CCCCCC2)cc1.